The van der Waals surface area contributed by atoms with E-state index in [1.165, 1.54) is 0 Å². The van der Waals surface area contributed by atoms with Crippen LogP contribution in [0.2, 0.25) is 10.0 Å². The third-order valence-electron chi connectivity index (χ3n) is 4.78. The molecule has 0 fully saturated rings. The second-order valence-electron chi connectivity index (χ2n) is 6.90. The summed E-state index contributed by atoms with van der Waals surface area (Å²) in [6, 6.07) is 10.8. The summed E-state index contributed by atoms with van der Waals surface area (Å²) in [6.45, 7) is 3.28. The van der Waals surface area contributed by atoms with E-state index in [4.69, 9.17) is 27.9 Å². The van der Waals surface area contributed by atoms with Gasteiger partial charge in [-0.05, 0) is 48.9 Å². The van der Waals surface area contributed by atoms with E-state index >= 15 is 0 Å². The average Bonchev–Trinajstić information content (AvgIpc) is 2.67. The molecule has 0 saturated carbocycles. The van der Waals surface area contributed by atoms with Gasteiger partial charge >= 0.3 is 12.0 Å². The topological polar surface area (TPSA) is 70.7 Å². The molecule has 0 saturated heterocycles. The predicted molar refractivity (Wildman–Crippen MR) is 115 cm³/mol. The zero-order valence-corrected chi connectivity index (χ0v) is 17.8. The summed E-state index contributed by atoms with van der Waals surface area (Å²) in [6.07, 6.45) is 0. The second-order valence-corrected chi connectivity index (χ2v) is 7.75. The molecule has 1 atom stereocenters. The van der Waals surface area contributed by atoms with Crippen LogP contribution in [-0.2, 0) is 16.1 Å². The van der Waals surface area contributed by atoms with Crippen molar-refractivity contribution in [1.82, 2.24) is 10.2 Å². The molecule has 6 nitrogen and oxygen atoms in total. The van der Waals surface area contributed by atoms with E-state index in [0.29, 0.717) is 15.7 Å². The number of ether oxygens (including phenoxy) is 1. The van der Waals surface area contributed by atoms with Gasteiger partial charge in [-0.25, -0.2) is 4.79 Å². The Kier molecular flexibility index (Phi) is 7.00. The lowest BCUT2D eigenvalue weighted by Gasteiger charge is -2.34. The van der Waals surface area contributed by atoms with Crippen LogP contribution in [0.5, 0.6) is 0 Å². The van der Waals surface area contributed by atoms with Crippen LogP contribution in [0.1, 0.15) is 29.5 Å². The molecule has 0 aliphatic carbocycles. The van der Waals surface area contributed by atoms with Crippen LogP contribution in [0.15, 0.2) is 36.4 Å². The van der Waals surface area contributed by atoms with Crippen molar-refractivity contribution < 1.29 is 14.3 Å². The van der Waals surface area contributed by atoms with Crippen LogP contribution in [0.4, 0.5) is 10.5 Å². The third kappa shape index (κ3) is 5.21. The lowest BCUT2D eigenvalue weighted by molar-refractivity contribution is -0.141. The van der Waals surface area contributed by atoms with Gasteiger partial charge in [0, 0.05) is 34.7 Å². The van der Waals surface area contributed by atoms with Gasteiger partial charge in [-0.2, -0.15) is 0 Å². The molecule has 1 aliphatic rings. The van der Waals surface area contributed by atoms with Crippen molar-refractivity contribution in [2.24, 2.45) is 0 Å². The normalized spacial score (nSPS) is 16.1. The molecule has 0 aromatic heterocycles. The molecule has 0 bridgehead atoms. The number of esters is 1. The van der Waals surface area contributed by atoms with E-state index in [1.54, 1.807) is 13.0 Å². The van der Waals surface area contributed by atoms with Crippen molar-refractivity contribution in [3.05, 3.63) is 63.1 Å². The maximum absolute atomic E-state index is 12.3. The highest BCUT2D eigenvalue weighted by Gasteiger charge is 2.28. The van der Waals surface area contributed by atoms with E-state index < -0.39 is 12.0 Å². The van der Waals surface area contributed by atoms with Crippen molar-refractivity contribution in [1.29, 1.82) is 0 Å². The van der Waals surface area contributed by atoms with Crippen LogP contribution in [0.25, 0.3) is 0 Å². The summed E-state index contributed by atoms with van der Waals surface area (Å²) in [7, 11) is 2.03. The maximum atomic E-state index is 12.3. The molecular weight excluding hydrogens is 413 g/mol. The first-order valence-electron chi connectivity index (χ1n) is 9.34. The van der Waals surface area contributed by atoms with Gasteiger partial charge in [-0.1, -0.05) is 41.4 Å². The Morgan fingerprint density at radius 2 is 1.97 bits per heavy atom. The predicted octanol–water partition coefficient (Wildman–Crippen LogP) is 4.26. The quantitative estimate of drug-likeness (QED) is 0.688. The molecule has 0 radical (unpaired) electrons. The molecule has 29 heavy (non-hydrogen) atoms. The average molecular weight is 436 g/mol. The number of carbonyl (C=O) groups excluding carboxylic acids is 2. The number of para-hydroxylation sites is 1. The number of anilines is 1. The van der Waals surface area contributed by atoms with Gasteiger partial charge < -0.3 is 20.3 Å². The molecule has 3 rings (SSSR count). The van der Waals surface area contributed by atoms with E-state index in [-0.39, 0.29) is 19.1 Å². The number of hydrogen-bond donors (Lipinski definition) is 2. The Balaban J connectivity index is 1.86. The highest BCUT2D eigenvalue weighted by atomic mass is 35.5. The molecule has 0 spiro atoms. The summed E-state index contributed by atoms with van der Waals surface area (Å²) < 4.78 is 4.82. The van der Waals surface area contributed by atoms with E-state index in [9.17, 15) is 9.59 Å². The third-order valence-corrected chi connectivity index (χ3v) is 5.33. The van der Waals surface area contributed by atoms with Crippen LogP contribution >= 0.6 is 23.2 Å². The summed E-state index contributed by atoms with van der Waals surface area (Å²) in [4.78, 5) is 25.9. The SMILES string of the molecule is CCOC(=O)CNC(=O)Nc1ccccc1[C@@H]1CN(C)Cc2c(Cl)cc(Cl)cc21. The molecule has 1 heterocycles. The van der Waals surface area contributed by atoms with Gasteiger partial charge in [-0.15, -0.1) is 0 Å². The number of urea groups is 1. The summed E-state index contributed by atoms with van der Waals surface area (Å²) in [5, 5.41) is 6.58. The first-order chi connectivity index (χ1) is 13.9. The zero-order chi connectivity index (χ0) is 21.0. The summed E-state index contributed by atoms with van der Waals surface area (Å²) in [5.74, 6) is -0.496. The Labute approximate surface area is 180 Å². The number of fused-ring (bicyclic) bond motifs is 1. The highest BCUT2D eigenvalue weighted by molar-refractivity contribution is 6.35. The minimum atomic E-state index is -0.483. The van der Waals surface area contributed by atoms with Crippen molar-refractivity contribution >= 4 is 40.9 Å². The fraction of sp³-hybridized carbons (Fsp3) is 0.333. The minimum Gasteiger partial charge on any atom is -0.465 e. The number of nitrogens with zero attached hydrogens (tertiary/aromatic N) is 1. The van der Waals surface area contributed by atoms with Gasteiger partial charge in [0.25, 0.3) is 0 Å². The van der Waals surface area contributed by atoms with Gasteiger partial charge in [0.05, 0.1) is 6.61 Å². The lowest BCUT2D eigenvalue weighted by atomic mass is 9.84. The second kappa shape index (κ2) is 9.48. The van der Waals surface area contributed by atoms with Gasteiger partial charge in [0.2, 0.25) is 0 Å². The highest BCUT2D eigenvalue weighted by Crippen LogP contribution is 2.40. The Bertz CT molecular complexity index is 920. The monoisotopic (exact) mass is 435 g/mol. The smallest absolute Gasteiger partial charge is 0.325 e. The summed E-state index contributed by atoms with van der Waals surface area (Å²) in [5.41, 5.74) is 3.71. The lowest BCUT2D eigenvalue weighted by Crippen LogP contribution is -2.35. The number of likely N-dealkylation sites (N-methyl/N-ethyl adjacent to an activating group) is 1. The Morgan fingerprint density at radius 1 is 1.21 bits per heavy atom. The van der Waals surface area contributed by atoms with Crippen molar-refractivity contribution in [2.45, 2.75) is 19.4 Å². The molecule has 154 valence electrons. The number of hydrogen-bond acceptors (Lipinski definition) is 4. The molecule has 2 amide bonds. The van der Waals surface area contributed by atoms with Gasteiger partial charge in [-0.3, -0.25) is 4.79 Å². The van der Waals surface area contributed by atoms with Gasteiger partial charge in [0.15, 0.2) is 0 Å². The molecule has 1 aliphatic heterocycles. The van der Waals surface area contributed by atoms with Crippen LogP contribution in [0, 0.1) is 0 Å². The largest absolute Gasteiger partial charge is 0.465 e. The van der Waals surface area contributed by atoms with E-state index in [2.05, 4.69) is 15.5 Å². The fourth-order valence-corrected chi connectivity index (χ4v) is 4.13. The molecule has 0 unspecified atom stereocenters. The van der Waals surface area contributed by atoms with E-state index in [0.717, 1.165) is 29.8 Å². The van der Waals surface area contributed by atoms with Crippen molar-refractivity contribution in [3.8, 4) is 0 Å². The molecular formula is C21H23Cl2N3O3. The number of carbonyl (C=O) groups is 2. The summed E-state index contributed by atoms with van der Waals surface area (Å²) >= 11 is 12.7. The number of halogens is 2. The van der Waals surface area contributed by atoms with Crippen LogP contribution in [0.3, 0.4) is 0 Å². The minimum absolute atomic E-state index is 0.0125. The Morgan fingerprint density at radius 3 is 2.72 bits per heavy atom. The number of rotatable bonds is 5. The zero-order valence-electron chi connectivity index (χ0n) is 16.3. The number of amides is 2. The molecule has 8 heteroatoms. The van der Waals surface area contributed by atoms with Crippen LogP contribution < -0.4 is 10.6 Å². The molecule has 2 aromatic carbocycles. The van der Waals surface area contributed by atoms with Crippen molar-refractivity contribution in [3.63, 3.8) is 0 Å². The first-order valence-corrected chi connectivity index (χ1v) is 10.1. The van der Waals surface area contributed by atoms with Crippen molar-refractivity contribution in [2.75, 3.05) is 32.1 Å². The maximum Gasteiger partial charge on any atom is 0.325 e. The van der Waals surface area contributed by atoms with Gasteiger partial charge in [0.1, 0.15) is 6.54 Å². The van der Waals surface area contributed by atoms with E-state index in [1.807, 2.05) is 37.4 Å². The molecule has 2 aromatic rings. The number of benzene rings is 2. The Hall–Kier alpha value is -2.28. The fourth-order valence-electron chi connectivity index (χ4n) is 3.56. The molecule has 2 N–H and O–H groups in total. The standard InChI is InChI=1S/C21H23Cl2N3O3/c1-3-29-20(27)10-24-21(28)25-19-7-5-4-6-14(19)16-11-26(2)12-17-15(16)8-13(22)9-18(17)23/h4-9,16H,3,10-12H2,1-2H3,(H2,24,25,28)/t16-/m0/s1. The first kappa shape index (κ1) is 21.4. The number of nitrogens with one attached hydrogen (secondary N) is 2. The van der Waals surface area contributed by atoms with Crippen LogP contribution in [-0.4, -0.2) is 43.6 Å².